The molecule has 1 aromatic heterocycles. The van der Waals surface area contributed by atoms with Crippen LogP contribution in [0.1, 0.15) is 31.7 Å². The van der Waals surface area contributed by atoms with E-state index in [0.717, 1.165) is 49.0 Å². The summed E-state index contributed by atoms with van der Waals surface area (Å²) in [5, 5.41) is 6.64. The molecular formula is C13H24N4O. The molecule has 0 aliphatic rings. The van der Waals surface area contributed by atoms with E-state index in [4.69, 9.17) is 4.74 Å². The first-order valence-electron chi connectivity index (χ1n) is 6.57. The fraction of sp³-hybridized carbons (Fsp3) is 0.692. The van der Waals surface area contributed by atoms with Gasteiger partial charge in [-0.05, 0) is 13.3 Å². The zero-order chi connectivity index (χ0) is 13.4. The van der Waals surface area contributed by atoms with Crippen molar-refractivity contribution in [2.75, 3.05) is 37.4 Å². The number of anilines is 2. The SMILES string of the molecule is CCCNc1nc(CC)nc(NCCOC)c1C. The van der Waals surface area contributed by atoms with Gasteiger partial charge in [-0.15, -0.1) is 0 Å². The maximum absolute atomic E-state index is 5.03. The largest absolute Gasteiger partial charge is 0.383 e. The topological polar surface area (TPSA) is 59.1 Å². The number of hydrogen-bond donors (Lipinski definition) is 2. The molecule has 0 bridgehead atoms. The van der Waals surface area contributed by atoms with Crippen LogP contribution in [0.5, 0.6) is 0 Å². The quantitative estimate of drug-likeness (QED) is 0.695. The van der Waals surface area contributed by atoms with Gasteiger partial charge in [0, 0.05) is 32.2 Å². The first-order valence-corrected chi connectivity index (χ1v) is 6.57. The summed E-state index contributed by atoms with van der Waals surface area (Å²) in [5.41, 5.74) is 1.07. The number of aromatic nitrogens is 2. The number of nitrogens with zero attached hydrogens (tertiary/aromatic N) is 2. The van der Waals surface area contributed by atoms with Crippen LogP contribution in [-0.2, 0) is 11.2 Å². The Hall–Kier alpha value is -1.36. The van der Waals surface area contributed by atoms with Crippen LogP contribution in [0.25, 0.3) is 0 Å². The lowest BCUT2D eigenvalue weighted by atomic mass is 10.2. The number of aryl methyl sites for hydroxylation is 1. The van der Waals surface area contributed by atoms with Crippen molar-refractivity contribution in [3.8, 4) is 0 Å². The standard InChI is InChI=1S/C13H24N4O/c1-5-7-14-12-10(3)13(15-8-9-18-4)17-11(6-2)16-12/h5-9H2,1-4H3,(H2,14,15,16,17). The van der Waals surface area contributed by atoms with Crippen molar-refractivity contribution in [2.45, 2.75) is 33.6 Å². The Morgan fingerprint density at radius 3 is 2.17 bits per heavy atom. The second-order valence-corrected chi connectivity index (χ2v) is 4.16. The summed E-state index contributed by atoms with van der Waals surface area (Å²) in [4.78, 5) is 9.04. The Kier molecular flexibility index (Phi) is 6.43. The van der Waals surface area contributed by atoms with Crippen molar-refractivity contribution in [1.29, 1.82) is 0 Å². The van der Waals surface area contributed by atoms with Crippen molar-refractivity contribution in [2.24, 2.45) is 0 Å². The summed E-state index contributed by atoms with van der Waals surface area (Å²) in [6.07, 6.45) is 1.91. The molecule has 0 fully saturated rings. The van der Waals surface area contributed by atoms with Gasteiger partial charge in [-0.3, -0.25) is 0 Å². The molecule has 0 saturated carbocycles. The molecule has 0 unspecified atom stereocenters. The van der Waals surface area contributed by atoms with Crippen molar-refractivity contribution in [3.63, 3.8) is 0 Å². The number of hydrogen-bond acceptors (Lipinski definition) is 5. The normalized spacial score (nSPS) is 10.4. The monoisotopic (exact) mass is 252 g/mol. The van der Waals surface area contributed by atoms with E-state index in [9.17, 15) is 0 Å². The van der Waals surface area contributed by atoms with E-state index >= 15 is 0 Å². The molecule has 18 heavy (non-hydrogen) atoms. The molecule has 0 amide bonds. The zero-order valence-corrected chi connectivity index (χ0v) is 11.8. The van der Waals surface area contributed by atoms with E-state index in [-0.39, 0.29) is 0 Å². The third kappa shape index (κ3) is 4.14. The maximum atomic E-state index is 5.03. The van der Waals surface area contributed by atoms with Gasteiger partial charge in [0.2, 0.25) is 0 Å². The molecule has 0 aliphatic heterocycles. The van der Waals surface area contributed by atoms with Crippen LogP contribution in [0.3, 0.4) is 0 Å². The summed E-state index contributed by atoms with van der Waals surface area (Å²) in [5.74, 6) is 2.69. The molecule has 1 rings (SSSR count). The molecule has 0 radical (unpaired) electrons. The Balaban J connectivity index is 2.85. The van der Waals surface area contributed by atoms with Crippen molar-refractivity contribution < 1.29 is 4.74 Å². The van der Waals surface area contributed by atoms with Crippen LogP contribution >= 0.6 is 0 Å². The molecule has 0 aromatic carbocycles. The van der Waals surface area contributed by atoms with Crippen molar-refractivity contribution in [3.05, 3.63) is 11.4 Å². The Labute approximate surface area is 109 Å². The van der Waals surface area contributed by atoms with Gasteiger partial charge in [-0.25, -0.2) is 9.97 Å². The van der Waals surface area contributed by atoms with Gasteiger partial charge in [-0.1, -0.05) is 13.8 Å². The summed E-state index contributed by atoms with van der Waals surface area (Å²) < 4.78 is 5.03. The Morgan fingerprint density at radius 1 is 1.06 bits per heavy atom. The summed E-state index contributed by atoms with van der Waals surface area (Å²) >= 11 is 0. The van der Waals surface area contributed by atoms with Crippen LogP contribution in [0.4, 0.5) is 11.6 Å². The molecule has 102 valence electrons. The second-order valence-electron chi connectivity index (χ2n) is 4.16. The molecule has 0 aliphatic carbocycles. The minimum Gasteiger partial charge on any atom is -0.383 e. The highest BCUT2D eigenvalue weighted by atomic mass is 16.5. The van der Waals surface area contributed by atoms with Gasteiger partial charge in [0.05, 0.1) is 6.61 Å². The molecule has 0 spiro atoms. The predicted molar refractivity (Wildman–Crippen MR) is 75.3 cm³/mol. The third-order valence-corrected chi connectivity index (χ3v) is 2.65. The van der Waals surface area contributed by atoms with Gasteiger partial charge in [0.15, 0.2) is 0 Å². The molecule has 5 heteroatoms. The van der Waals surface area contributed by atoms with E-state index in [1.54, 1.807) is 7.11 Å². The first-order chi connectivity index (χ1) is 8.72. The van der Waals surface area contributed by atoms with Crippen molar-refractivity contribution >= 4 is 11.6 Å². The van der Waals surface area contributed by atoms with Crippen LogP contribution in [0.2, 0.25) is 0 Å². The van der Waals surface area contributed by atoms with Crippen LogP contribution in [0.15, 0.2) is 0 Å². The van der Waals surface area contributed by atoms with E-state index in [0.29, 0.717) is 6.61 Å². The highest BCUT2D eigenvalue weighted by molar-refractivity contribution is 5.57. The highest BCUT2D eigenvalue weighted by Gasteiger charge is 2.09. The minimum absolute atomic E-state index is 0.669. The van der Waals surface area contributed by atoms with Gasteiger partial charge in [0.1, 0.15) is 17.5 Å². The van der Waals surface area contributed by atoms with E-state index in [1.165, 1.54) is 0 Å². The lowest BCUT2D eigenvalue weighted by molar-refractivity contribution is 0.210. The first kappa shape index (κ1) is 14.7. The molecule has 1 aromatic rings. The lowest BCUT2D eigenvalue weighted by Crippen LogP contribution is -2.14. The molecule has 1 heterocycles. The average Bonchev–Trinajstić information content (AvgIpc) is 2.39. The predicted octanol–water partition coefficient (Wildman–Crippen LogP) is 2.23. The van der Waals surface area contributed by atoms with Crippen LogP contribution < -0.4 is 10.6 Å². The lowest BCUT2D eigenvalue weighted by Gasteiger charge is -2.14. The number of methoxy groups -OCH3 is 1. The number of ether oxygens (including phenoxy) is 1. The fourth-order valence-electron chi connectivity index (χ4n) is 1.58. The molecular weight excluding hydrogens is 228 g/mol. The Bertz CT molecular complexity index is 368. The average molecular weight is 252 g/mol. The second kappa shape index (κ2) is 7.87. The minimum atomic E-state index is 0.669. The number of nitrogens with one attached hydrogen (secondary N) is 2. The van der Waals surface area contributed by atoms with E-state index < -0.39 is 0 Å². The van der Waals surface area contributed by atoms with Crippen molar-refractivity contribution in [1.82, 2.24) is 9.97 Å². The fourth-order valence-corrected chi connectivity index (χ4v) is 1.58. The van der Waals surface area contributed by atoms with E-state index in [1.807, 2.05) is 6.92 Å². The molecule has 0 atom stereocenters. The summed E-state index contributed by atoms with van der Waals surface area (Å²) in [7, 11) is 1.69. The zero-order valence-electron chi connectivity index (χ0n) is 11.8. The van der Waals surface area contributed by atoms with Crippen LogP contribution in [0, 0.1) is 6.92 Å². The van der Waals surface area contributed by atoms with Gasteiger partial charge >= 0.3 is 0 Å². The third-order valence-electron chi connectivity index (χ3n) is 2.65. The van der Waals surface area contributed by atoms with Gasteiger partial charge < -0.3 is 15.4 Å². The van der Waals surface area contributed by atoms with Crippen LogP contribution in [-0.4, -0.2) is 36.8 Å². The summed E-state index contributed by atoms with van der Waals surface area (Å²) in [6, 6.07) is 0. The number of rotatable bonds is 8. The Morgan fingerprint density at radius 2 is 1.67 bits per heavy atom. The molecule has 5 nitrogen and oxygen atoms in total. The molecule has 2 N–H and O–H groups in total. The van der Waals surface area contributed by atoms with E-state index in [2.05, 4.69) is 34.4 Å². The maximum Gasteiger partial charge on any atom is 0.134 e. The smallest absolute Gasteiger partial charge is 0.134 e. The summed E-state index contributed by atoms with van der Waals surface area (Å²) in [6.45, 7) is 8.59. The highest BCUT2D eigenvalue weighted by Crippen LogP contribution is 2.20. The molecule has 0 saturated heterocycles. The van der Waals surface area contributed by atoms with Gasteiger partial charge in [-0.2, -0.15) is 0 Å². The van der Waals surface area contributed by atoms with Gasteiger partial charge in [0.25, 0.3) is 0 Å².